The third kappa shape index (κ3) is 4.48. The predicted octanol–water partition coefficient (Wildman–Crippen LogP) is 3.99. The number of aryl methyl sites for hydroxylation is 1. The van der Waals surface area contributed by atoms with E-state index in [0.29, 0.717) is 16.9 Å². The minimum atomic E-state index is -0.517. The lowest BCUT2D eigenvalue weighted by molar-refractivity contribution is -0.147. The number of carbonyl (C=O) groups is 1. The van der Waals surface area contributed by atoms with E-state index in [0.717, 1.165) is 15.4 Å². The Hall–Kier alpha value is -2.60. The standard InChI is InChI=1S/C19H15BrO5/c1-12-2-7-16-13(9-18(21)25-17(16)8-12)10-24-19(22)11-23-15-5-3-14(20)4-6-15/h2-9H,10-11H2,1H3. The molecule has 0 spiro atoms. The molecule has 2 aromatic carbocycles. The van der Waals surface area contributed by atoms with Crippen molar-refractivity contribution < 1.29 is 18.7 Å². The average Bonchev–Trinajstić information content (AvgIpc) is 2.58. The number of ether oxygens (including phenoxy) is 2. The number of rotatable bonds is 5. The van der Waals surface area contributed by atoms with Gasteiger partial charge in [0.15, 0.2) is 6.61 Å². The van der Waals surface area contributed by atoms with E-state index in [1.807, 2.05) is 31.2 Å². The minimum Gasteiger partial charge on any atom is -0.482 e. The van der Waals surface area contributed by atoms with Crippen LogP contribution in [-0.2, 0) is 16.1 Å². The molecule has 0 aliphatic rings. The van der Waals surface area contributed by atoms with Crippen LogP contribution in [0.25, 0.3) is 11.0 Å². The van der Waals surface area contributed by atoms with Crippen molar-refractivity contribution in [1.29, 1.82) is 0 Å². The maximum Gasteiger partial charge on any atom is 0.344 e. The summed E-state index contributed by atoms with van der Waals surface area (Å²) in [4.78, 5) is 23.5. The zero-order valence-electron chi connectivity index (χ0n) is 13.5. The first-order chi connectivity index (χ1) is 12.0. The van der Waals surface area contributed by atoms with Crippen LogP contribution in [0.1, 0.15) is 11.1 Å². The van der Waals surface area contributed by atoms with E-state index in [9.17, 15) is 9.59 Å². The molecule has 3 rings (SSSR count). The number of benzene rings is 2. The molecule has 1 heterocycles. The number of esters is 1. The highest BCUT2D eigenvalue weighted by molar-refractivity contribution is 9.10. The molecular weight excluding hydrogens is 388 g/mol. The van der Waals surface area contributed by atoms with Crippen LogP contribution in [0.5, 0.6) is 5.75 Å². The van der Waals surface area contributed by atoms with E-state index < -0.39 is 11.6 Å². The molecular formula is C19H15BrO5. The molecule has 0 N–H and O–H groups in total. The molecule has 25 heavy (non-hydrogen) atoms. The highest BCUT2D eigenvalue weighted by Crippen LogP contribution is 2.19. The van der Waals surface area contributed by atoms with Gasteiger partial charge in [0.1, 0.15) is 17.9 Å². The molecule has 128 valence electrons. The number of halogens is 1. The second-order valence-corrected chi connectivity index (χ2v) is 6.41. The number of carbonyl (C=O) groups excluding carboxylic acids is 1. The summed E-state index contributed by atoms with van der Waals surface area (Å²) in [5.74, 6) is 0.0536. The van der Waals surface area contributed by atoms with Gasteiger partial charge in [0.2, 0.25) is 0 Å². The topological polar surface area (TPSA) is 65.7 Å². The highest BCUT2D eigenvalue weighted by atomic mass is 79.9. The van der Waals surface area contributed by atoms with Gasteiger partial charge >= 0.3 is 11.6 Å². The van der Waals surface area contributed by atoms with Crippen LogP contribution in [0, 0.1) is 6.92 Å². The molecule has 0 unspecified atom stereocenters. The molecule has 0 saturated carbocycles. The molecule has 0 amide bonds. The monoisotopic (exact) mass is 402 g/mol. The van der Waals surface area contributed by atoms with Crippen molar-refractivity contribution in [3.05, 3.63) is 74.6 Å². The van der Waals surface area contributed by atoms with Crippen molar-refractivity contribution in [2.75, 3.05) is 6.61 Å². The van der Waals surface area contributed by atoms with E-state index in [1.165, 1.54) is 6.07 Å². The van der Waals surface area contributed by atoms with E-state index in [1.54, 1.807) is 18.2 Å². The van der Waals surface area contributed by atoms with Crippen molar-refractivity contribution in [1.82, 2.24) is 0 Å². The molecule has 3 aromatic rings. The first-order valence-electron chi connectivity index (χ1n) is 7.58. The number of hydrogen-bond donors (Lipinski definition) is 0. The summed E-state index contributed by atoms with van der Waals surface area (Å²) in [6.07, 6.45) is 0. The number of fused-ring (bicyclic) bond motifs is 1. The van der Waals surface area contributed by atoms with Crippen molar-refractivity contribution in [2.45, 2.75) is 13.5 Å². The summed E-state index contributed by atoms with van der Waals surface area (Å²) >= 11 is 3.33. The van der Waals surface area contributed by atoms with Crippen molar-refractivity contribution in [3.63, 3.8) is 0 Å². The van der Waals surface area contributed by atoms with Crippen LogP contribution in [-0.4, -0.2) is 12.6 Å². The van der Waals surface area contributed by atoms with Gasteiger partial charge < -0.3 is 13.9 Å². The lowest BCUT2D eigenvalue weighted by Gasteiger charge is -2.09. The summed E-state index contributed by atoms with van der Waals surface area (Å²) in [5.41, 5.74) is 1.58. The van der Waals surface area contributed by atoms with E-state index >= 15 is 0 Å². The Morgan fingerprint density at radius 3 is 2.64 bits per heavy atom. The fourth-order valence-electron chi connectivity index (χ4n) is 2.33. The summed E-state index contributed by atoms with van der Waals surface area (Å²) < 4.78 is 16.7. The minimum absolute atomic E-state index is 0.0201. The SMILES string of the molecule is Cc1ccc2c(COC(=O)COc3ccc(Br)cc3)cc(=O)oc2c1. The Bertz CT molecular complexity index is 960. The lowest BCUT2D eigenvalue weighted by atomic mass is 10.1. The molecule has 0 atom stereocenters. The Morgan fingerprint density at radius 1 is 1.12 bits per heavy atom. The van der Waals surface area contributed by atoms with Crippen molar-refractivity contribution in [3.8, 4) is 5.75 Å². The van der Waals surface area contributed by atoms with Crippen molar-refractivity contribution >= 4 is 32.9 Å². The smallest absolute Gasteiger partial charge is 0.344 e. The van der Waals surface area contributed by atoms with Gasteiger partial charge in [-0.2, -0.15) is 0 Å². The first kappa shape index (κ1) is 17.2. The molecule has 1 aromatic heterocycles. The van der Waals surface area contributed by atoms with E-state index in [-0.39, 0.29) is 13.2 Å². The zero-order valence-corrected chi connectivity index (χ0v) is 15.0. The van der Waals surface area contributed by atoms with Crippen LogP contribution in [0.4, 0.5) is 0 Å². The second kappa shape index (κ2) is 7.53. The van der Waals surface area contributed by atoms with Crippen molar-refractivity contribution in [2.24, 2.45) is 0 Å². The van der Waals surface area contributed by atoms with Crippen LogP contribution in [0.15, 0.2) is 62.2 Å². The summed E-state index contributed by atoms with van der Waals surface area (Å²) in [6.45, 7) is 1.68. The molecule has 0 fully saturated rings. The lowest BCUT2D eigenvalue weighted by Crippen LogP contribution is -2.15. The molecule has 0 saturated heterocycles. The molecule has 0 aliphatic carbocycles. The van der Waals surface area contributed by atoms with Gasteiger partial charge in [-0.15, -0.1) is 0 Å². The maximum absolute atomic E-state index is 11.9. The molecule has 0 radical (unpaired) electrons. The highest BCUT2D eigenvalue weighted by Gasteiger charge is 2.10. The summed E-state index contributed by atoms with van der Waals surface area (Å²) in [5, 5.41) is 0.742. The van der Waals surface area contributed by atoms with Gasteiger partial charge in [0, 0.05) is 21.5 Å². The predicted molar refractivity (Wildman–Crippen MR) is 96.7 cm³/mol. The zero-order chi connectivity index (χ0) is 17.8. The van der Waals surface area contributed by atoms with Crippen LogP contribution in [0.2, 0.25) is 0 Å². The fourth-order valence-corrected chi connectivity index (χ4v) is 2.59. The normalized spacial score (nSPS) is 10.6. The van der Waals surface area contributed by atoms with E-state index in [4.69, 9.17) is 13.9 Å². The van der Waals surface area contributed by atoms with Gasteiger partial charge in [-0.25, -0.2) is 9.59 Å². The quantitative estimate of drug-likeness (QED) is 0.476. The molecule has 0 bridgehead atoms. The third-order valence-electron chi connectivity index (χ3n) is 3.54. The molecule has 5 nitrogen and oxygen atoms in total. The Labute approximate surface area is 152 Å². The third-order valence-corrected chi connectivity index (χ3v) is 4.07. The number of hydrogen-bond acceptors (Lipinski definition) is 5. The first-order valence-corrected chi connectivity index (χ1v) is 8.38. The summed E-state index contributed by atoms with van der Waals surface area (Å²) in [6, 6.07) is 14.0. The van der Waals surface area contributed by atoms with E-state index in [2.05, 4.69) is 15.9 Å². The van der Waals surface area contributed by atoms with Gasteiger partial charge in [-0.05, 0) is 42.8 Å². The largest absolute Gasteiger partial charge is 0.482 e. The Kier molecular flexibility index (Phi) is 5.19. The average molecular weight is 403 g/mol. The van der Waals surface area contributed by atoms with Crippen LogP contribution in [0.3, 0.4) is 0 Å². The van der Waals surface area contributed by atoms with Gasteiger partial charge in [0.25, 0.3) is 0 Å². The van der Waals surface area contributed by atoms with Gasteiger partial charge in [0.05, 0.1) is 0 Å². The van der Waals surface area contributed by atoms with Gasteiger partial charge in [-0.1, -0.05) is 28.1 Å². The molecule has 6 heteroatoms. The molecule has 0 aliphatic heterocycles. The van der Waals surface area contributed by atoms with Gasteiger partial charge in [-0.3, -0.25) is 0 Å². The van der Waals surface area contributed by atoms with Crippen LogP contribution < -0.4 is 10.4 Å². The second-order valence-electron chi connectivity index (χ2n) is 5.49. The van der Waals surface area contributed by atoms with Crippen LogP contribution >= 0.6 is 15.9 Å². The fraction of sp³-hybridized carbons (Fsp3) is 0.158. The maximum atomic E-state index is 11.9. The Balaban J connectivity index is 1.65. The summed E-state index contributed by atoms with van der Waals surface area (Å²) in [7, 11) is 0. The Morgan fingerprint density at radius 2 is 1.88 bits per heavy atom.